The Hall–Kier alpha value is -0.770. The summed E-state index contributed by atoms with van der Waals surface area (Å²) in [5, 5.41) is 10.2. The second-order valence-corrected chi connectivity index (χ2v) is 7.41. The minimum Gasteiger partial charge on any atom is -0.392 e. The molecule has 0 aliphatic heterocycles. The Kier molecular flexibility index (Phi) is 6.34. The Bertz CT molecular complexity index is 566. The monoisotopic (exact) mass is 364 g/mol. The summed E-state index contributed by atoms with van der Waals surface area (Å²) in [6, 6.07) is 16.7. The highest BCUT2D eigenvalue weighted by Gasteiger charge is 2.08. The van der Waals surface area contributed by atoms with Crippen molar-refractivity contribution in [3.05, 3.63) is 64.1 Å². The summed E-state index contributed by atoms with van der Waals surface area (Å²) in [4.78, 5) is 1.17. The van der Waals surface area contributed by atoms with E-state index < -0.39 is 0 Å². The van der Waals surface area contributed by atoms with Crippen molar-refractivity contribution in [3.63, 3.8) is 0 Å². The van der Waals surface area contributed by atoms with E-state index in [0.29, 0.717) is 18.1 Å². The van der Waals surface area contributed by atoms with Gasteiger partial charge in [0.1, 0.15) is 0 Å². The lowest BCUT2D eigenvalue weighted by Gasteiger charge is -2.12. The van der Waals surface area contributed by atoms with Crippen molar-refractivity contribution in [3.8, 4) is 0 Å². The molecule has 0 radical (unpaired) electrons. The summed E-state index contributed by atoms with van der Waals surface area (Å²) in [6.07, 6.45) is 0.377. The number of hydrogen-bond acceptors (Lipinski definition) is 2. The Morgan fingerprint density at radius 3 is 2.33 bits per heavy atom. The molecule has 2 aromatic carbocycles. The van der Waals surface area contributed by atoms with Crippen LogP contribution in [0.2, 0.25) is 0 Å². The first-order valence-corrected chi connectivity index (χ1v) is 8.98. The number of rotatable bonds is 6. The summed E-state index contributed by atoms with van der Waals surface area (Å²) in [5.41, 5.74) is 2.54. The number of benzene rings is 2. The molecule has 1 atom stereocenters. The molecule has 0 aliphatic rings. The molecule has 0 aromatic heterocycles. The Morgan fingerprint density at radius 2 is 1.71 bits per heavy atom. The lowest BCUT2D eigenvalue weighted by Crippen LogP contribution is -2.13. The first-order chi connectivity index (χ1) is 10.1. The van der Waals surface area contributed by atoms with Crippen molar-refractivity contribution >= 4 is 27.7 Å². The largest absolute Gasteiger partial charge is 0.392 e. The van der Waals surface area contributed by atoms with Crippen LogP contribution in [0.3, 0.4) is 0 Å². The summed E-state index contributed by atoms with van der Waals surface area (Å²) < 4.78 is 1.09. The van der Waals surface area contributed by atoms with E-state index in [9.17, 15) is 5.11 Å². The smallest absolute Gasteiger partial charge is 0.0674 e. The van der Waals surface area contributed by atoms with Gasteiger partial charge in [-0.1, -0.05) is 50.2 Å². The van der Waals surface area contributed by atoms with Gasteiger partial charge in [0.2, 0.25) is 0 Å². The number of aliphatic hydroxyl groups excluding tert-OH is 1. The van der Waals surface area contributed by atoms with Gasteiger partial charge >= 0.3 is 0 Å². The van der Waals surface area contributed by atoms with Crippen LogP contribution in [0.5, 0.6) is 0 Å². The van der Waals surface area contributed by atoms with Crippen molar-refractivity contribution in [1.82, 2.24) is 0 Å². The number of hydrogen-bond donors (Lipinski definition) is 1. The van der Waals surface area contributed by atoms with E-state index >= 15 is 0 Å². The molecule has 1 unspecified atom stereocenters. The van der Waals surface area contributed by atoms with Gasteiger partial charge in [-0.05, 0) is 51.5 Å². The normalized spacial score (nSPS) is 12.6. The molecule has 0 saturated heterocycles. The van der Waals surface area contributed by atoms with E-state index in [1.807, 2.05) is 18.2 Å². The third kappa shape index (κ3) is 5.17. The summed E-state index contributed by atoms with van der Waals surface area (Å²) in [7, 11) is 0. The van der Waals surface area contributed by atoms with Crippen LogP contribution in [0.25, 0.3) is 0 Å². The lowest BCUT2D eigenvalue weighted by molar-refractivity contribution is 0.200. The molecule has 1 N–H and O–H groups in total. The van der Waals surface area contributed by atoms with Gasteiger partial charge in [0, 0.05) is 15.1 Å². The molecule has 0 amide bonds. The van der Waals surface area contributed by atoms with Crippen molar-refractivity contribution in [1.29, 1.82) is 0 Å². The van der Waals surface area contributed by atoms with Crippen LogP contribution in [0.4, 0.5) is 0 Å². The summed E-state index contributed by atoms with van der Waals surface area (Å²) >= 11 is 5.22. The van der Waals surface area contributed by atoms with Crippen LogP contribution in [0.1, 0.15) is 30.9 Å². The fourth-order valence-corrected chi connectivity index (χ4v) is 3.62. The highest BCUT2D eigenvalue weighted by molar-refractivity contribution is 9.10. The maximum Gasteiger partial charge on any atom is 0.0674 e. The van der Waals surface area contributed by atoms with Crippen LogP contribution in [-0.2, 0) is 6.42 Å². The van der Waals surface area contributed by atoms with Gasteiger partial charge < -0.3 is 5.11 Å². The average Bonchev–Trinajstić information content (AvgIpc) is 2.47. The second kappa shape index (κ2) is 8.02. The van der Waals surface area contributed by atoms with Crippen molar-refractivity contribution in [2.45, 2.75) is 37.2 Å². The number of thioether (sulfide) groups is 1. The van der Waals surface area contributed by atoms with Gasteiger partial charge in [-0.3, -0.25) is 0 Å². The third-order valence-electron chi connectivity index (χ3n) is 3.39. The van der Waals surface area contributed by atoms with Gasteiger partial charge in [-0.2, -0.15) is 0 Å². The molecule has 3 heteroatoms. The average molecular weight is 365 g/mol. The summed E-state index contributed by atoms with van der Waals surface area (Å²) in [6.45, 7) is 4.39. The molecule has 0 fully saturated rings. The van der Waals surface area contributed by atoms with Crippen LogP contribution >= 0.6 is 27.7 Å². The number of halogens is 1. The molecule has 112 valence electrons. The topological polar surface area (TPSA) is 20.2 Å². The van der Waals surface area contributed by atoms with Gasteiger partial charge in [0.15, 0.2) is 0 Å². The first kappa shape index (κ1) is 16.6. The van der Waals surface area contributed by atoms with Gasteiger partial charge in [0.05, 0.1) is 6.10 Å². The van der Waals surface area contributed by atoms with E-state index in [1.54, 1.807) is 11.8 Å². The Balaban J connectivity index is 1.87. The minimum atomic E-state index is -0.327. The highest BCUT2D eigenvalue weighted by atomic mass is 79.9. The second-order valence-electron chi connectivity index (χ2n) is 5.50. The van der Waals surface area contributed by atoms with E-state index in [1.165, 1.54) is 16.0 Å². The fraction of sp³-hybridized carbons (Fsp3) is 0.333. The first-order valence-electron chi connectivity index (χ1n) is 7.20. The molecule has 21 heavy (non-hydrogen) atoms. The predicted molar refractivity (Wildman–Crippen MR) is 95.1 cm³/mol. The molecule has 1 nitrogen and oxygen atoms in total. The zero-order chi connectivity index (χ0) is 15.2. The molecule has 0 heterocycles. The third-order valence-corrected chi connectivity index (χ3v) is 5.56. The van der Waals surface area contributed by atoms with E-state index in [0.717, 1.165) is 4.47 Å². The van der Waals surface area contributed by atoms with Crippen LogP contribution in [0, 0.1) is 0 Å². The van der Waals surface area contributed by atoms with E-state index in [4.69, 9.17) is 0 Å². The Labute approximate surface area is 139 Å². The van der Waals surface area contributed by atoms with Gasteiger partial charge in [-0.15, -0.1) is 11.8 Å². The maximum absolute atomic E-state index is 10.2. The maximum atomic E-state index is 10.2. The lowest BCUT2D eigenvalue weighted by atomic mass is 10.00. The van der Waals surface area contributed by atoms with Crippen molar-refractivity contribution in [2.75, 3.05) is 5.75 Å². The van der Waals surface area contributed by atoms with E-state index in [-0.39, 0.29) is 6.10 Å². The summed E-state index contributed by atoms with van der Waals surface area (Å²) in [5.74, 6) is 1.25. The van der Waals surface area contributed by atoms with E-state index in [2.05, 4.69) is 60.1 Å². The molecular weight excluding hydrogens is 344 g/mol. The van der Waals surface area contributed by atoms with Gasteiger partial charge in [0.25, 0.3) is 0 Å². The molecule has 0 bridgehead atoms. The quantitative estimate of drug-likeness (QED) is 0.704. The zero-order valence-corrected chi connectivity index (χ0v) is 14.8. The molecular formula is C18H21BrOS. The van der Waals surface area contributed by atoms with Gasteiger partial charge in [-0.25, -0.2) is 0 Å². The SMILES string of the molecule is CC(C)c1ccc(CC(O)CSc2ccccc2Br)cc1. The zero-order valence-electron chi connectivity index (χ0n) is 12.4. The van der Waals surface area contributed by atoms with Crippen LogP contribution < -0.4 is 0 Å². The molecule has 2 rings (SSSR count). The van der Waals surface area contributed by atoms with Crippen molar-refractivity contribution in [2.24, 2.45) is 0 Å². The highest BCUT2D eigenvalue weighted by Crippen LogP contribution is 2.28. The molecule has 0 saturated carbocycles. The van der Waals surface area contributed by atoms with Crippen LogP contribution in [0.15, 0.2) is 57.9 Å². The molecule has 0 spiro atoms. The van der Waals surface area contributed by atoms with Crippen molar-refractivity contribution < 1.29 is 5.11 Å². The minimum absolute atomic E-state index is 0.327. The predicted octanol–water partition coefficient (Wildman–Crippen LogP) is 5.27. The molecule has 2 aromatic rings. The molecule has 0 aliphatic carbocycles. The van der Waals surface area contributed by atoms with Crippen LogP contribution in [-0.4, -0.2) is 17.0 Å². The standard InChI is InChI=1S/C18H21BrOS/c1-13(2)15-9-7-14(8-10-15)11-16(20)12-21-18-6-4-3-5-17(18)19/h3-10,13,16,20H,11-12H2,1-2H3. The number of aliphatic hydroxyl groups is 1. The Morgan fingerprint density at radius 1 is 1.05 bits per heavy atom. The fourth-order valence-electron chi connectivity index (χ4n) is 2.12.